The Kier molecular flexibility index (Phi) is 1.34. The van der Waals surface area contributed by atoms with Crippen LogP contribution < -0.4 is 0 Å². The van der Waals surface area contributed by atoms with Crippen LogP contribution in [0, 0.1) is 0 Å². The van der Waals surface area contributed by atoms with Crippen molar-refractivity contribution in [1.29, 1.82) is 1.43 Å². The van der Waals surface area contributed by atoms with Crippen molar-refractivity contribution in [2.75, 3.05) is 6.61 Å². The van der Waals surface area contributed by atoms with Crippen LogP contribution in [0.5, 0.6) is 0 Å². The standard InChI is InChI=1S/C5H8O4/c6-3-1-2-9-4(3)5(7)8/h3-4,6H,1-2H2,(H,7,8)/i6D. The molecule has 9 heavy (non-hydrogen) atoms. The minimum Gasteiger partial charge on any atom is -0.479 e. The molecule has 1 aliphatic heterocycles. The van der Waals surface area contributed by atoms with Gasteiger partial charge in [0.1, 0.15) is 0 Å². The molecule has 2 atom stereocenters. The normalized spacial score (nSPS) is 36.2. The van der Waals surface area contributed by atoms with Crippen molar-refractivity contribution in [2.24, 2.45) is 0 Å². The molecule has 0 bridgehead atoms. The van der Waals surface area contributed by atoms with Gasteiger partial charge < -0.3 is 15.0 Å². The Labute approximate surface area is 53.5 Å². The highest BCUT2D eigenvalue weighted by molar-refractivity contribution is 5.73. The van der Waals surface area contributed by atoms with Crippen LogP contribution in [0.1, 0.15) is 6.42 Å². The third-order valence-electron chi connectivity index (χ3n) is 1.28. The van der Waals surface area contributed by atoms with E-state index in [9.17, 15) is 4.79 Å². The maximum Gasteiger partial charge on any atom is 0.335 e. The average molecular weight is 133 g/mol. The van der Waals surface area contributed by atoms with Gasteiger partial charge in [0, 0.05) is 0 Å². The summed E-state index contributed by atoms with van der Waals surface area (Å²) in [6, 6.07) is 0. The van der Waals surface area contributed by atoms with E-state index >= 15 is 0 Å². The molecule has 0 aliphatic carbocycles. The van der Waals surface area contributed by atoms with Gasteiger partial charge in [-0.15, -0.1) is 0 Å². The molecule has 0 saturated carbocycles. The van der Waals surface area contributed by atoms with Gasteiger partial charge in [0.2, 0.25) is 1.43 Å². The number of aliphatic hydroxyl groups excluding tert-OH is 1. The molecular formula is C5H8O4. The van der Waals surface area contributed by atoms with Crippen molar-refractivity contribution in [2.45, 2.75) is 18.6 Å². The van der Waals surface area contributed by atoms with E-state index in [4.69, 9.17) is 11.3 Å². The number of aliphatic carboxylic acids is 1. The third kappa shape index (κ3) is 1.20. The van der Waals surface area contributed by atoms with E-state index in [2.05, 4.69) is 5.11 Å². The number of rotatable bonds is 2. The molecule has 0 aromatic carbocycles. The number of carboxylic acid groups (broad SMARTS) is 1. The fourth-order valence-electron chi connectivity index (χ4n) is 0.800. The van der Waals surface area contributed by atoms with Gasteiger partial charge in [-0.05, 0) is 6.42 Å². The van der Waals surface area contributed by atoms with E-state index in [-0.39, 0.29) is 0 Å². The fourth-order valence-corrected chi connectivity index (χ4v) is 0.800. The topological polar surface area (TPSA) is 66.8 Å². The van der Waals surface area contributed by atoms with Gasteiger partial charge in [0.25, 0.3) is 0 Å². The molecular weight excluding hydrogens is 124 g/mol. The monoisotopic (exact) mass is 133 g/mol. The molecule has 1 rings (SSSR count). The van der Waals surface area contributed by atoms with Crippen LogP contribution in [0.4, 0.5) is 0 Å². The maximum atomic E-state index is 10.3. The first kappa shape index (κ1) is 5.20. The predicted octanol–water partition coefficient (Wildman–Crippen LogP) is -0.779. The summed E-state index contributed by atoms with van der Waals surface area (Å²) >= 11 is 0. The Balaban J connectivity index is 2.50. The molecule has 2 unspecified atom stereocenters. The quantitative estimate of drug-likeness (QED) is 0.518. The van der Waals surface area contributed by atoms with Crippen molar-refractivity contribution in [3.63, 3.8) is 0 Å². The van der Waals surface area contributed by atoms with Crippen LogP contribution in [0.25, 0.3) is 0 Å². The summed E-state index contributed by atoms with van der Waals surface area (Å²) in [4.78, 5) is 10.3. The molecule has 1 fully saturated rings. The van der Waals surface area contributed by atoms with Crippen LogP contribution >= 0.6 is 0 Å². The average Bonchev–Trinajstić information content (AvgIpc) is 2.33. The van der Waals surface area contributed by atoms with Gasteiger partial charge in [-0.3, -0.25) is 0 Å². The number of hydrogen-bond acceptors (Lipinski definition) is 3. The summed E-state index contributed by atoms with van der Waals surface area (Å²) in [7, 11) is 0. The van der Waals surface area contributed by atoms with Gasteiger partial charge in [-0.1, -0.05) is 0 Å². The molecule has 0 aromatic heterocycles. The number of hydrogen-bond donors (Lipinski definition) is 2. The van der Waals surface area contributed by atoms with Crippen molar-refractivity contribution in [1.82, 2.24) is 0 Å². The Bertz CT molecular complexity index is 138. The zero-order valence-electron chi connectivity index (χ0n) is 5.74. The second-order valence-electron chi connectivity index (χ2n) is 1.96. The lowest BCUT2D eigenvalue weighted by atomic mass is 10.2. The number of aliphatic hydroxyl groups is 1. The van der Waals surface area contributed by atoms with E-state index in [1.807, 2.05) is 0 Å². The van der Waals surface area contributed by atoms with Crippen LogP contribution in [0.2, 0.25) is 0 Å². The number of carbonyl (C=O) groups is 1. The fraction of sp³-hybridized carbons (Fsp3) is 0.800. The van der Waals surface area contributed by atoms with E-state index in [1.54, 1.807) is 0 Å². The van der Waals surface area contributed by atoms with Crippen molar-refractivity contribution in [3.05, 3.63) is 0 Å². The van der Waals surface area contributed by atoms with Gasteiger partial charge in [-0.2, -0.15) is 0 Å². The largest absolute Gasteiger partial charge is 0.479 e. The summed E-state index contributed by atoms with van der Waals surface area (Å²) in [5.41, 5.74) is 0. The van der Waals surface area contributed by atoms with E-state index in [0.29, 0.717) is 13.0 Å². The third-order valence-corrected chi connectivity index (χ3v) is 1.28. The Morgan fingerprint density at radius 1 is 1.89 bits per heavy atom. The molecule has 0 aromatic rings. The Hall–Kier alpha value is -0.610. The minimum absolute atomic E-state index is 0.362. The summed E-state index contributed by atoms with van der Waals surface area (Å²) in [5.74, 6) is -1.06. The predicted molar refractivity (Wildman–Crippen MR) is 28.0 cm³/mol. The van der Waals surface area contributed by atoms with Crippen LogP contribution in [-0.2, 0) is 9.53 Å². The Morgan fingerprint density at radius 2 is 2.67 bits per heavy atom. The van der Waals surface area contributed by atoms with Crippen molar-refractivity contribution in [3.8, 4) is 0 Å². The first-order valence-corrected chi connectivity index (χ1v) is 2.72. The highest BCUT2D eigenvalue weighted by Crippen LogP contribution is 2.12. The lowest BCUT2D eigenvalue weighted by Crippen LogP contribution is -2.29. The van der Waals surface area contributed by atoms with E-state index < -0.39 is 18.2 Å². The second-order valence-corrected chi connectivity index (χ2v) is 1.96. The summed E-state index contributed by atoms with van der Waals surface area (Å²) < 4.78 is 11.3. The molecule has 1 heterocycles. The molecule has 4 heteroatoms. The summed E-state index contributed by atoms with van der Waals surface area (Å²) in [6.45, 7) is 0.362. The van der Waals surface area contributed by atoms with Gasteiger partial charge in [-0.25, -0.2) is 4.79 Å². The van der Waals surface area contributed by atoms with Crippen molar-refractivity contribution < 1.29 is 19.7 Å². The van der Waals surface area contributed by atoms with Crippen LogP contribution in [0.15, 0.2) is 0 Å². The number of carboxylic acids is 1. The molecule has 1 aliphatic rings. The molecule has 0 spiro atoms. The van der Waals surface area contributed by atoms with Crippen LogP contribution in [0.3, 0.4) is 0 Å². The first-order valence-electron chi connectivity index (χ1n) is 3.13. The van der Waals surface area contributed by atoms with Crippen molar-refractivity contribution >= 4 is 5.97 Å². The number of ether oxygens (including phenoxy) is 1. The molecule has 52 valence electrons. The molecule has 4 nitrogen and oxygen atoms in total. The smallest absolute Gasteiger partial charge is 0.335 e. The first-order chi connectivity index (χ1) is 4.75. The zero-order chi connectivity index (χ0) is 7.56. The lowest BCUT2D eigenvalue weighted by molar-refractivity contribution is -0.151. The maximum absolute atomic E-state index is 10.3. The molecule has 2 N–H and O–H groups in total. The van der Waals surface area contributed by atoms with E-state index in [0.717, 1.165) is 0 Å². The van der Waals surface area contributed by atoms with Gasteiger partial charge in [0.15, 0.2) is 6.10 Å². The highest BCUT2D eigenvalue weighted by atomic mass is 16.5. The van der Waals surface area contributed by atoms with E-state index in [1.165, 1.54) is 0 Å². The summed E-state index contributed by atoms with van der Waals surface area (Å²) in [5, 5.41) is 12.6. The lowest BCUT2D eigenvalue weighted by Gasteiger charge is -2.05. The SMILES string of the molecule is [2H]OC1CCOC1C(=O)O. The minimum atomic E-state index is -1.06. The second kappa shape index (κ2) is 2.33. The van der Waals surface area contributed by atoms with Gasteiger partial charge in [0.05, 0.1) is 12.7 Å². The molecule has 0 radical (unpaired) electrons. The Morgan fingerprint density at radius 3 is 3.11 bits per heavy atom. The molecule has 1 saturated heterocycles. The summed E-state index contributed by atoms with van der Waals surface area (Å²) in [6.07, 6.45) is -1.06. The highest BCUT2D eigenvalue weighted by Gasteiger charge is 2.32. The van der Waals surface area contributed by atoms with Crippen LogP contribution in [-0.4, -0.2) is 36.4 Å². The zero-order valence-corrected chi connectivity index (χ0v) is 4.74. The molecule has 0 amide bonds. The van der Waals surface area contributed by atoms with Gasteiger partial charge >= 0.3 is 5.97 Å².